The Balaban J connectivity index is 2.80. The molecule has 15 heavy (non-hydrogen) atoms. The van der Waals surface area contributed by atoms with Crippen LogP contribution >= 0.6 is 0 Å². The standard InChI is InChI=1S/C11H8O4/c12-7-2-4-8-6(5-7)1-3-9(10(8)13)11(14)15/h1-5,12-13H,(H,14,15). The second-order valence-corrected chi connectivity index (χ2v) is 3.17. The number of fused-ring (bicyclic) bond motifs is 1. The van der Waals surface area contributed by atoms with E-state index in [1.807, 2.05) is 0 Å². The molecular weight excluding hydrogens is 196 g/mol. The first-order valence-corrected chi connectivity index (χ1v) is 4.27. The summed E-state index contributed by atoms with van der Waals surface area (Å²) in [4.78, 5) is 10.7. The Morgan fingerprint density at radius 3 is 2.47 bits per heavy atom. The molecule has 0 spiro atoms. The van der Waals surface area contributed by atoms with Crippen LogP contribution in [0.3, 0.4) is 0 Å². The van der Waals surface area contributed by atoms with E-state index in [0.717, 1.165) is 0 Å². The number of carboxylic acids is 1. The Kier molecular flexibility index (Phi) is 1.97. The van der Waals surface area contributed by atoms with E-state index >= 15 is 0 Å². The van der Waals surface area contributed by atoms with Gasteiger partial charge in [0.2, 0.25) is 0 Å². The molecular formula is C11H8O4. The Labute approximate surface area is 85.0 Å². The molecule has 2 aromatic rings. The zero-order chi connectivity index (χ0) is 11.0. The van der Waals surface area contributed by atoms with E-state index < -0.39 is 5.97 Å². The van der Waals surface area contributed by atoms with Crippen LogP contribution < -0.4 is 0 Å². The van der Waals surface area contributed by atoms with Crippen LogP contribution in [0.15, 0.2) is 30.3 Å². The average Bonchev–Trinajstić information content (AvgIpc) is 2.17. The maximum Gasteiger partial charge on any atom is 0.339 e. The van der Waals surface area contributed by atoms with Crippen molar-refractivity contribution in [3.05, 3.63) is 35.9 Å². The van der Waals surface area contributed by atoms with E-state index in [-0.39, 0.29) is 17.1 Å². The minimum atomic E-state index is -1.18. The van der Waals surface area contributed by atoms with Gasteiger partial charge in [0.1, 0.15) is 17.1 Å². The van der Waals surface area contributed by atoms with Crippen molar-refractivity contribution in [2.75, 3.05) is 0 Å². The maximum absolute atomic E-state index is 10.7. The van der Waals surface area contributed by atoms with E-state index in [1.54, 1.807) is 0 Å². The van der Waals surface area contributed by atoms with Gasteiger partial charge in [-0.15, -0.1) is 0 Å². The normalized spacial score (nSPS) is 10.4. The molecule has 0 radical (unpaired) electrons. The van der Waals surface area contributed by atoms with Gasteiger partial charge >= 0.3 is 5.97 Å². The van der Waals surface area contributed by atoms with Crippen LogP contribution in [0.2, 0.25) is 0 Å². The number of hydrogen-bond donors (Lipinski definition) is 3. The molecule has 76 valence electrons. The maximum atomic E-state index is 10.7. The third-order valence-electron chi connectivity index (χ3n) is 2.21. The molecule has 2 aromatic carbocycles. The van der Waals surface area contributed by atoms with Gasteiger partial charge in [-0.25, -0.2) is 4.79 Å². The number of aromatic hydroxyl groups is 2. The Morgan fingerprint density at radius 1 is 1.07 bits per heavy atom. The van der Waals surface area contributed by atoms with Crippen molar-refractivity contribution < 1.29 is 20.1 Å². The van der Waals surface area contributed by atoms with Crippen LogP contribution in [-0.4, -0.2) is 21.3 Å². The van der Waals surface area contributed by atoms with Gasteiger partial charge in [-0.05, 0) is 29.7 Å². The molecule has 0 amide bonds. The number of carbonyl (C=O) groups is 1. The summed E-state index contributed by atoms with van der Waals surface area (Å²) in [5.74, 6) is -1.38. The van der Waals surface area contributed by atoms with E-state index in [1.165, 1.54) is 30.3 Å². The zero-order valence-corrected chi connectivity index (χ0v) is 7.64. The van der Waals surface area contributed by atoms with E-state index in [4.69, 9.17) is 5.11 Å². The molecule has 0 atom stereocenters. The number of aromatic carboxylic acids is 1. The number of phenolic OH excluding ortho intramolecular Hbond substituents is 1. The summed E-state index contributed by atoms with van der Waals surface area (Å²) in [6.45, 7) is 0. The monoisotopic (exact) mass is 204 g/mol. The highest BCUT2D eigenvalue weighted by molar-refractivity contribution is 6.00. The van der Waals surface area contributed by atoms with Crippen molar-refractivity contribution >= 4 is 16.7 Å². The van der Waals surface area contributed by atoms with Crippen molar-refractivity contribution in [1.82, 2.24) is 0 Å². The fourth-order valence-electron chi connectivity index (χ4n) is 1.47. The van der Waals surface area contributed by atoms with Gasteiger partial charge in [-0.2, -0.15) is 0 Å². The molecule has 0 bridgehead atoms. The fraction of sp³-hybridized carbons (Fsp3) is 0. The quantitative estimate of drug-likeness (QED) is 0.663. The molecule has 0 aliphatic rings. The van der Waals surface area contributed by atoms with Gasteiger partial charge in [-0.1, -0.05) is 6.07 Å². The van der Waals surface area contributed by atoms with Crippen molar-refractivity contribution in [3.63, 3.8) is 0 Å². The molecule has 0 fully saturated rings. The SMILES string of the molecule is O=C(O)c1ccc2cc(O)ccc2c1O. The summed E-state index contributed by atoms with van der Waals surface area (Å²) in [5, 5.41) is 28.6. The molecule has 0 aromatic heterocycles. The van der Waals surface area contributed by atoms with Crippen molar-refractivity contribution in [2.24, 2.45) is 0 Å². The lowest BCUT2D eigenvalue weighted by Crippen LogP contribution is -1.96. The minimum absolute atomic E-state index is 0.0741. The molecule has 0 heterocycles. The average molecular weight is 204 g/mol. The first kappa shape index (κ1) is 9.33. The number of benzene rings is 2. The molecule has 3 N–H and O–H groups in total. The summed E-state index contributed by atoms with van der Waals surface area (Å²) < 4.78 is 0. The Morgan fingerprint density at radius 2 is 1.80 bits per heavy atom. The first-order valence-electron chi connectivity index (χ1n) is 4.27. The van der Waals surface area contributed by atoms with Gasteiger partial charge in [-0.3, -0.25) is 0 Å². The highest BCUT2D eigenvalue weighted by Crippen LogP contribution is 2.30. The highest BCUT2D eigenvalue weighted by Gasteiger charge is 2.12. The van der Waals surface area contributed by atoms with Crippen LogP contribution in [0.25, 0.3) is 10.8 Å². The molecule has 0 aliphatic heterocycles. The lowest BCUT2D eigenvalue weighted by Gasteiger charge is -2.04. The number of phenols is 2. The van der Waals surface area contributed by atoms with Gasteiger partial charge in [0.25, 0.3) is 0 Å². The van der Waals surface area contributed by atoms with Gasteiger partial charge in [0.15, 0.2) is 0 Å². The summed E-state index contributed by atoms with van der Waals surface area (Å²) in [6.07, 6.45) is 0. The third-order valence-corrected chi connectivity index (χ3v) is 2.21. The summed E-state index contributed by atoms with van der Waals surface area (Å²) in [7, 11) is 0. The highest BCUT2D eigenvalue weighted by atomic mass is 16.4. The summed E-state index contributed by atoms with van der Waals surface area (Å²) >= 11 is 0. The van der Waals surface area contributed by atoms with E-state index in [0.29, 0.717) is 10.8 Å². The second-order valence-electron chi connectivity index (χ2n) is 3.17. The smallest absolute Gasteiger partial charge is 0.339 e. The summed E-state index contributed by atoms with van der Waals surface area (Å²) in [6, 6.07) is 7.18. The third kappa shape index (κ3) is 1.46. The summed E-state index contributed by atoms with van der Waals surface area (Å²) in [5.41, 5.74) is -0.145. The number of hydrogen-bond acceptors (Lipinski definition) is 3. The van der Waals surface area contributed by atoms with Crippen LogP contribution in [0.1, 0.15) is 10.4 Å². The van der Waals surface area contributed by atoms with Crippen LogP contribution in [-0.2, 0) is 0 Å². The van der Waals surface area contributed by atoms with E-state index in [2.05, 4.69) is 0 Å². The van der Waals surface area contributed by atoms with Gasteiger partial charge in [0, 0.05) is 5.39 Å². The Bertz CT molecular complexity index is 546. The van der Waals surface area contributed by atoms with Crippen LogP contribution in [0.4, 0.5) is 0 Å². The van der Waals surface area contributed by atoms with Crippen molar-refractivity contribution in [2.45, 2.75) is 0 Å². The number of rotatable bonds is 1. The number of carboxylic acid groups (broad SMARTS) is 1. The molecule has 0 unspecified atom stereocenters. The Hall–Kier alpha value is -2.23. The predicted octanol–water partition coefficient (Wildman–Crippen LogP) is 1.95. The minimum Gasteiger partial charge on any atom is -0.508 e. The van der Waals surface area contributed by atoms with Crippen molar-refractivity contribution in [3.8, 4) is 11.5 Å². The molecule has 0 aliphatic carbocycles. The van der Waals surface area contributed by atoms with Crippen molar-refractivity contribution in [1.29, 1.82) is 0 Å². The lowest BCUT2D eigenvalue weighted by molar-refractivity contribution is 0.0694. The molecule has 0 saturated carbocycles. The topological polar surface area (TPSA) is 77.8 Å². The molecule has 4 heteroatoms. The molecule has 0 saturated heterocycles. The largest absolute Gasteiger partial charge is 0.508 e. The van der Waals surface area contributed by atoms with Crippen LogP contribution in [0.5, 0.6) is 11.5 Å². The molecule has 4 nitrogen and oxygen atoms in total. The second kappa shape index (κ2) is 3.16. The fourth-order valence-corrected chi connectivity index (χ4v) is 1.47. The van der Waals surface area contributed by atoms with Gasteiger partial charge in [0.05, 0.1) is 0 Å². The molecule has 2 rings (SSSR count). The van der Waals surface area contributed by atoms with Crippen LogP contribution in [0, 0.1) is 0 Å². The zero-order valence-electron chi connectivity index (χ0n) is 7.64. The first-order chi connectivity index (χ1) is 7.09. The van der Waals surface area contributed by atoms with Gasteiger partial charge < -0.3 is 15.3 Å². The predicted molar refractivity (Wildman–Crippen MR) is 54.2 cm³/mol. The van der Waals surface area contributed by atoms with E-state index in [9.17, 15) is 15.0 Å². The lowest BCUT2D eigenvalue weighted by atomic mass is 10.1.